The van der Waals surface area contributed by atoms with Crippen LogP contribution in [-0.4, -0.2) is 26.4 Å². The van der Waals surface area contributed by atoms with Crippen LogP contribution < -0.4 is 5.43 Å². The van der Waals surface area contributed by atoms with Gasteiger partial charge in [0.1, 0.15) is 5.71 Å². The molecule has 6 aromatic carbocycles. The lowest BCUT2D eigenvalue weighted by Gasteiger charge is -2.17. The van der Waals surface area contributed by atoms with E-state index in [1.807, 2.05) is 109 Å². The van der Waals surface area contributed by atoms with Crippen LogP contribution in [0.25, 0.3) is 62.1 Å². The van der Waals surface area contributed by atoms with Crippen LogP contribution in [0.15, 0.2) is 157 Å². The average molecular weight is 605 g/mol. The summed E-state index contributed by atoms with van der Waals surface area (Å²) in [5.74, 6) is 1.80. The molecule has 0 radical (unpaired) electrons. The number of nitrogens with zero attached hydrogens (tertiary/aromatic N) is 4. The van der Waals surface area contributed by atoms with Gasteiger partial charge >= 0.3 is 0 Å². The highest BCUT2D eigenvalue weighted by Crippen LogP contribution is 2.32. The van der Waals surface area contributed by atoms with Gasteiger partial charge in [0.15, 0.2) is 17.5 Å². The van der Waals surface area contributed by atoms with Crippen molar-refractivity contribution in [1.29, 1.82) is 5.41 Å². The van der Waals surface area contributed by atoms with Gasteiger partial charge in [-0.1, -0.05) is 127 Å². The SMILES string of the molecule is N=C1/C(=N\Nc2ccccc2)C=Cc2ccc3cc(-c4nc(-c5ccccc5)nc(-c5cccc(-c6ccccc6)c5)n4)ccc3c21. The molecule has 8 rings (SSSR count). The summed E-state index contributed by atoms with van der Waals surface area (Å²) >= 11 is 0. The van der Waals surface area contributed by atoms with E-state index in [4.69, 9.17) is 20.4 Å². The van der Waals surface area contributed by atoms with Crippen molar-refractivity contribution in [3.8, 4) is 45.3 Å². The maximum atomic E-state index is 9.06. The van der Waals surface area contributed by atoms with Crippen LogP contribution in [0.1, 0.15) is 11.1 Å². The number of hydrogen-bond acceptors (Lipinski definition) is 6. The predicted molar refractivity (Wildman–Crippen MR) is 192 cm³/mol. The molecule has 0 spiro atoms. The molecule has 0 unspecified atom stereocenters. The highest BCUT2D eigenvalue weighted by molar-refractivity contribution is 6.55. The molecule has 6 nitrogen and oxygen atoms in total. The summed E-state index contributed by atoms with van der Waals surface area (Å²) in [5.41, 5.74) is 11.7. The van der Waals surface area contributed by atoms with E-state index in [2.05, 4.69) is 59.1 Å². The zero-order valence-electron chi connectivity index (χ0n) is 25.3. The van der Waals surface area contributed by atoms with Crippen molar-refractivity contribution < 1.29 is 0 Å². The van der Waals surface area contributed by atoms with Crippen LogP contribution in [0.5, 0.6) is 0 Å². The highest BCUT2D eigenvalue weighted by Gasteiger charge is 2.20. The van der Waals surface area contributed by atoms with Crippen LogP contribution in [0.4, 0.5) is 5.69 Å². The minimum atomic E-state index is 0.372. The van der Waals surface area contributed by atoms with E-state index in [0.717, 1.165) is 55.4 Å². The second kappa shape index (κ2) is 12.1. The summed E-state index contributed by atoms with van der Waals surface area (Å²) in [6.45, 7) is 0. The Morgan fingerprint density at radius 3 is 1.81 bits per heavy atom. The molecule has 6 heteroatoms. The molecule has 0 saturated heterocycles. The van der Waals surface area contributed by atoms with Crippen molar-refractivity contribution >= 4 is 34.0 Å². The van der Waals surface area contributed by atoms with Crippen LogP contribution >= 0.6 is 0 Å². The first-order valence-corrected chi connectivity index (χ1v) is 15.4. The fourth-order valence-corrected chi connectivity index (χ4v) is 5.83. The van der Waals surface area contributed by atoms with Crippen molar-refractivity contribution in [2.24, 2.45) is 5.10 Å². The molecular weight excluding hydrogens is 576 g/mol. The highest BCUT2D eigenvalue weighted by atomic mass is 15.3. The zero-order chi connectivity index (χ0) is 31.6. The minimum absolute atomic E-state index is 0.372. The van der Waals surface area contributed by atoms with E-state index in [9.17, 15) is 0 Å². The normalized spacial score (nSPS) is 13.1. The van der Waals surface area contributed by atoms with Gasteiger partial charge in [0.25, 0.3) is 0 Å². The largest absolute Gasteiger partial charge is 0.298 e. The molecule has 1 aliphatic rings. The van der Waals surface area contributed by atoms with Crippen molar-refractivity contribution in [3.63, 3.8) is 0 Å². The first-order chi connectivity index (χ1) is 23.2. The van der Waals surface area contributed by atoms with Crippen LogP contribution in [-0.2, 0) is 0 Å². The molecule has 0 atom stereocenters. The fourth-order valence-electron chi connectivity index (χ4n) is 5.83. The number of nitrogens with one attached hydrogen (secondary N) is 2. The third-order valence-electron chi connectivity index (χ3n) is 8.21. The average Bonchev–Trinajstić information content (AvgIpc) is 3.15. The van der Waals surface area contributed by atoms with E-state index in [1.54, 1.807) is 0 Å². The molecule has 1 aromatic heterocycles. The van der Waals surface area contributed by atoms with Gasteiger partial charge in [-0.3, -0.25) is 10.8 Å². The third kappa shape index (κ3) is 5.60. The van der Waals surface area contributed by atoms with Gasteiger partial charge in [0.2, 0.25) is 0 Å². The third-order valence-corrected chi connectivity index (χ3v) is 8.21. The Morgan fingerprint density at radius 2 is 1.09 bits per heavy atom. The second-order valence-electron chi connectivity index (χ2n) is 11.3. The van der Waals surface area contributed by atoms with E-state index >= 15 is 0 Å². The van der Waals surface area contributed by atoms with Crippen LogP contribution in [0.2, 0.25) is 0 Å². The summed E-state index contributed by atoms with van der Waals surface area (Å²) in [7, 11) is 0. The topological polar surface area (TPSA) is 86.9 Å². The van der Waals surface area contributed by atoms with Gasteiger partial charge in [0, 0.05) is 22.3 Å². The number of allylic oxidation sites excluding steroid dienone is 1. The summed E-state index contributed by atoms with van der Waals surface area (Å²) in [5, 5.41) is 15.6. The molecule has 222 valence electrons. The van der Waals surface area contributed by atoms with Gasteiger partial charge in [-0.2, -0.15) is 5.10 Å². The number of benzene rings is 6. The lowest BCUT2D eigenvalue weighted by atomic mass is 9.89. The zero-order valence-corrected chi connectivity index (χ0v) is 25.3. The summed E-state index contributed by atoms with van der Waals surface area (Å²) in [4.78, 5) is 14.9. The molecule has 7 aromatic rings. The molecular formula is C41H28N6. The smallest absolute Gasteiger partial charge is 0.164 e. The molecule has 0 aliphatic heterocycles. The molecule has 0 saturated carbocycles. The lowest BCUT2D eigenvalue weighted by Crippen LogP contribution is -2.18. The van der Waals surface area contributed by atoms with Crippen molar-refractivity contribution in [2.75, 3.05) is 5.43 Å². The van der Waals surface area contributed by atoms with Gasteiger partial charge in [-0.05, 0) is 57.8 Å². The standard InChI is InChI=1S/C41H28N6/c42-38-36(47-46-34-17-8-3-9-18-34)24-22-28-19-20-31-26-33(21-23-35(31)37(28)38)41-44-39(29-13-6-2-7-14-29)43-40(45-41)32-16-10-15-30(25-32)27-11-4-1-5-12-27/h1-26,42,46H/b42-38?,47-36-. The van der Waals surface area contributed by atoms with Gasteiger partial charge in [-0.15, -0.1) is 0 Å². The second-order valence-corrected chi connectivity index (χ2v) is 11.3. The Bertz CT molecular complexity index is 2330. The monoisotopic (exact) mass is 604 g/mol. The number of rotatable bonds is 6. The van der Waals surface area contributed by atoms with E-state index in [1.165, 1.54) is 0 Å². The summed E-state index contributed by atoms with van der Waals surface area (Å²) < 4.78 is 0. The number of aromatic nitrogens is 3. The van der Waals surface area contributed by atoms with Crippen LogP contribution in [0.3, 0.4) is 0 Å². The van der Waals surface area contributed by atoms with Crippen molar-refractivity contribution in [1.82, 2.24) is 15.0 Å². The quantitative estimate of drug-likeness (QED) is 0.185. The first kappa shape index (κ1) is 28.0. The molecule has 1 heterocycles. The maximum Gasteiger partial charge on any atom is 0.164 e. The van der Waals surface area contributed by atoms with E-state index in [0.29, 0.717) is 28.9 Å². The Morgan fingerprint density at radius 1 is 0.489 bits per heavy atom. The van der Waals surface area contributed by atoms with Crippen LogP contribution in [0, 0.1) is 5.41 Å². The Labute approximate surface area is 272 Å². The predicted octanol–water partition coefficient (Wildman–Crippen LogP) is 9.56. The molecule has 0 bridgehead atoms. The number of fused-ring (bicyclic) bond motifs is 3. The van der Waals surface area contributed by atoms with Crippen molar-refractivity contribution in [3.05, 3.63) is 163 Å². The van der Waals surface area contributed by atoms with Gasteiger partial charge in [0.05, 0.1) is 11.4 Å². The summed E-state index contributed by atoms with van der Waals surface area (Å²) in [6.07, 6.45) is 3.89. The minimum Gasteiger partial charge on any atom is -0.298 e. The Balaban J connectivity index is 1.20. The molecule has 1 aliphatic carbocycles. The Kier molecular flexibility index (Phi) is 7.21. The Hall–Kier alpha value is -6.53. The van der Waals surface area contributed by atoms with E-state index < -0.39 is 0 Å². The fraction of sp³-hybridized carbons (Fsp3) is 0. The molecule has 0 amide bonds. The van der Waals surface area contributed by atoms with Gasteiger partial charge in [-0.25, -0.2) is 15.0 Å². The molecule has 2 N–H and O–H groups in total. The van der Waals surface area contributed by atoms with Gasteiger partial charge < -0.3 is 0 Å². The van der Waals surface area contributed by atoms with E-state index in [-0.39, 0.29) is 0 Å². The lowest BCUT2D eigenvalue weighted by molar-refractivity contribution is 1.07. The number of anilines is 1. The maximum absolute atomic E-state index is 9.06. The van der Waals surface area contributed by atoms with Crippen molar-refractivity contribution in [2.45, 2.75) is 0 Å². The molecule has 0 fully saturated rings. The number of hydrogen-bond donors (Lipinski definition) is 2. The summed E-state index contributed by atoms with van der Waals surface area (Å²) in [6, 6.07) is 48.7. The number of para-hydroxylation sites is 1. The first-order valence-electron chi connectivity index (χ1n) is 15.4. The number of hydrazone groups is 1. The molecule has 47 heavy (non-hydrogen) atoms.